The molecule has 2 N–H and O–H groups in total. The Hall–Kier alpha value is -0.980. The van der Waals surface area contributed by atoms with Gasteiger partial charge in [-0.3, -0.25) is 9.59 Å². The van der Waals surface area contributed by atoms with Gasteiger partial charge in [0.15, 0.2) is 0 Å². The van der Waals surface area contributed by atoms with E-state index in [0.29, 0.717) is 26.2 Å². The van der Waals surface area contributed by atoms with E-state index in [1.54, 1.807) is 14.0 Å². The minimum Gasteiger partial charge on any atom is -0.376 e. The molecule has 0 aromatic heterocycles. The number of hydrogen-bond acceptors (Lipinski definition) is 5. The molecule has 0 aromatic carbocycles. The molecule has 6 heteroatoms. The van der Waals surface area contributed by atoms with Gasteiger partial charge in [0.25, 0.3) is 0 Å². The third-order valence-electron chi connectivity index (χ3n) is 4.14. The van der Waals surface area contributed by atoms with Gasteiger partial charge in [-0.25, -0.2) is 0 Å². The van der Waals surface area contributed by atoms with Crippen LogP contribution in [0.1, 0.15) is 73.6 Å². The van der Waals surface area contributed by atoms with Gasteiger partial charge in [-0.15, -0.1) is 0 Å². The summed E-state index contributed by atoms with van der Waals surface area (Å²) in [7, 11) is 1.80. The van der Waals surface area contributed by atoms with Crippen molar-refractivity contribution in [2.45, 2.75) is 90.9 Å². The van der Waals surface area contributed by atoms with Crippen LogP contribution in [-0.2, 0) is 19.1 Å². The van der Waals surface area contributed by atoms with E-state index in [2.05, 4.69) is 10.6 Å². The minimum atomic E-state index is -0.305. The van der Waals surface area contributed by atoms with Crippen LogP contribution in [0.5, 0.6) is 0 Å². The van der Waals surface area contributed by atoms with Crippen LogP contribution < -0.4 is 10.6 Å². The van der Waals surface area contributed by atoms with E-state index in [1.807, 2.05) is 34.6 Å². The van der Waals surface area contributed by atoms with Crippen molar-refractivity contribution in [3.8, 4) is 0 Å². The topological polar surface area (TPSA) is 76.7 Å². The van der Waals surface area contributed by atoms with Gasteiger partial charge >= 0.3 is 0 Å². The SMILES string of the molecule is CNC(CCCCNC(=O)CCOC(C)(C)CCOC(C)(C)C)C(C)=O. The van der Waals surface area contributed by atoms with Crippen molar-refractivity contribution in [2.75, 3.05) is 26.8 Å². The van der Waals surface area contributed by atoms with Gasteiger partial charge in [-0.2, -0.15) is 0 Å². The molecule has 0 aliphatic heterocycles. The second kappa shape index (κ2) is 12.4. The monoisotopic (exact) mass is 372 g/mol. The van der Waals surface area contributed by atoms with Crippen molar-refractivity contribution in [3.63, 3.8) is 0 Å². The molecule has 0 spiro atoms. The number of likely N-dealkylation sites (N-methyl/N-ethyl adjacent to an activating group) is 1. The van der Waals surface area contributed by atoms with Crippen molar-refractivity contribution in [2.24, 2.45) is 0 Å². The number of hydrogen-bond donors (Lipinski definition) is 2. The van der Waals surface area contributed by atoms with Gasteiger partial charge in [-0.05, 0) is 74.3 Å². The lowest BCUT2D eigenvalue weighted by atomic mass is 10.1. The lowest BCUT2D eigenvalue weighted by Gasteiger charge is -2.27. The Balaban J connectivity index is 3.77. The summed E-state index contributed by atoms with van der Waals surface area (Å²) in [4.78, 5) is 23.2. The summed E-state index contributed by atoms with van der Waals surface area (Å²) in [6.07, 6.45) is 3.72. The van der Waals surface area contributed by atoms with Crippen molar-refractivity contribution >= 4 is 11.7 Å². The first-order chi connectivity index (χ1) is 12.0. The quantitative estimate of drug-likeness (QED) is 0.459. The number of ketones is 1. The molecule has 0 aliphatic rings. The molecule has 1 amide bonds. The number of carbonyl (C=O) groups excluding carboxylic acids is 2. The van der Waals surface area contributed by atoms with Gasteiger partial charge < -0.3 is 20.1 Å². The van der Waals surface area contributed by atoms with E-state index in [9.17, 15) is 9.59 Å². The Morgan fingerprint density at radius 1 is 1.00 bits per heavy atom. The molecular formula is C20H40N2O4. The van der Waals surface area contributed by atoms with E-state index in [0.717, 1.165) is 25.7 Å². The molecule has 154 valence electrons. The predicted octanol–water partition coefficient (Wildman–Crippen LogP) is 2.84. The maximum atomic E-state index is 11.9. The van der Waals surface area contributed by atoms with Crippen LogP contribution in [0.2, 0.25) is 0 Å². The zero-order valence-electron chi connectivity index (χ0n) is 17.9. The molecule has 0 fully saturated rings. The van der Waals surface area contributed by atoms with Crippen molar-refractivity contribution in [1.29, 1.82) is 0 Å². The Morgan fingerprint density at radius 3 is 2.19 bits per heavy atom. The summed E-state index contributed by atoms with van der Waals surface area (Å²) in [5, 5.41) is 5.91. The molecule has 0 heterocycles. The summed E-state index contributed by atoms with van der Waals surface area (Å²) in [6.45, 7) is 13.4. The maximum absolute atomic E-state index is 11.9. The number of rotatable bonds is 14. The van der Waals surface area contributed by atoms with Gasteiger partial charge in [0.2, 0.25) is 5.91 Å². The molecule has 1 unspecified atom stereocenters. The highest BCUT2D eigenvalue weighted by Crippen LogP contribution is 2.17. The summed E-state index contributed by atoms with van der Waals surface area (Å²) in [5.74, 6) is 0.160. The van der Waals surface area contributed by atoms with E-state index >= 15 is 0 Å². The third-order valence-corrected chi connectivity index (χ3v) is 4.14. The number of amides is 1. The fraction of sp³-hybridized carbons (Fsp3) is 0.900. The molecule has 0 radical (unpaired) electrons. The summed E-state index contributed by atoms with van der Waals surface area (Å²) in [5.41, 5.74) is -0.450. The van der Waals surface area contributed by atoms with E-state index in [-0.39, 0.29) is 28.9 Å². The smallest absolute Gasteiger partial charge is 0.222 e. The lowest BCUT2D eigenvalue weighted by Crippen LogP contribution is -2.33. The highest BCUT2D eigenvalue weighted by Gasteiger charge is 2.20. The molecule has 0 saturated carbocycles. The van der Waals surface area contributed by atoms with Crippen LogP contribution in [0.15, 0.2) is 0 Å². The molecule has 0 saturated heterocycles. The van der Waals surface area contributed by atoms with Gasteiger partial charge in [0, 0.05) is 19.6 Å². The van der Waals surface area contributed by atoms with Crippen LogP contribution >= 0.6 is 0 Å². The first-order valence-electron chi connectivity index (χ1n) is 9.69. The zero-order chi connectivity index (χ0) is 20.2. The Kier molecular flexibility index (Phi) is 11.9. The Labute approximate surface area is 159 Å². The number of ether oxygens (including phenoxy) is 2. The average Bonchev–Trinajstić information content (AvgIpc) is 2.48. The normalized spacial score (nSPS) is 13.5. The second-order valence-electron chi connectivity index (χ2n) is 8.37. The second-order valence-corrected chi connectivity index (χ2v) is 8.37. The molecule has 0 rings (SSSR count). The van der Waals surface area contributed by atoms with E-state index < -0.39 is 0 Å². The molecule has 1 atom stereocenters. The van der Waals surface area contributed by atoms with Crippen molar-refractivity contribution in [3.05, 3.63) is 0 Å². The first-order valence-corrected chi connectivity index (χ1v) is 9.69. The van der Waals surface area contributed by atoms with Crippen LogP contribution in [-0.4, -0.2) is 55.7 Å². The van der Waals surface area contributed by atoms with Crippen LogP contribution in [0, 0.1) is 0 Å². The minimum absolute atomic E-state index is 0.00322. The molecule has 0 aliphatic carbocycles. The van der Waals surface area contributed by atoms with E-state index in [1.165, 1.54) is 0 Å². The number of nitrogens with one attached hydrogen (secondary N) is 2. The predicted molar refractivity (Wildman–Crippen MR) is 105 cm³/mol. The molecule has 0 aromatic rings. The average molecular weight is 373 g/mol. The van der Waals surface area contributed by atoms with Gasteiger partial charge in [0.05, 0.1) is 23.9 Å². The van der Waals surface area contributed by atoms with Crippen LogP contribution in [0.25, 0.3) is 0 Å². The summed E-state index contributed by atoms with van der Waals surface area (Å²) in [6, 6.07) is -0.0800. The summed E-state index contributed by atoms with van der Waals surface area (Å²) >= 11 is 0. The largest absolute Gasteiger partial charge is 0.376 e. The fourth-order valence-corrected chi connectivity index (χ4v) is 2.44. The molecule has 0 bridgehead atoms. The summed E-state index contributed by atoms with van der Waals surface area (Å²) < 4.78 is 11.6. The molecule has 26 heavy (non-hydrogen) atoms. The van der Waals surface area contributed by atoms with Gasteiger partial charge in [0.1, 0.15) is 5.78 Å². The fourth-order valence-electron chi connectivity index (χ4n) is 2.44. The van der Waals surface area contributed by atoms with Crippen molar-refractivity contribution < 1.29 is 19.1 Å². The first kappa shape index (κ1) is 25.0. The number of Topliss-reactive ketones (excluding diaryl/α,β-unsaturated/α-hetero) is 1. The lowest BCUT2D eigenvalue weighted by molar-refractivity contribution is -0.124. The Morgan fingerprint density at radius 2 is 1.65 bits per heavy atom. The standard InChI is InChI=1S/C20H40N2O4/c1-16(23)17(21-7)10-8-9-13-22-18(24)11-14-26-20(5,6)12-15-25-19(2,3)4/h17,21H,8-15H2,1-7H3,(H,22,24). The third kappa shape index (κ3) is 14.2. The van der Waals surface area contributed by atoms with E-state index in [4.69, 9.17) is 9.47 Å². The van der Waals surface area contributed by atoms with Crippen LogP contribution in [0.4, 0.5) is 0 Å². The number of carbonyl (C=O) groups is 2. The molecule has 6 nitrogen and oxygen atoms in total. The Bertz CT molecular complexity index is 417. The molecular weight excluding hydrogens is 332 g/mol. The maximum Gasteiger partial charge on any atom is 0.222 e. The number of unbranched alkanes of at least 4 members (excludes halogenated alkanes) is 1. The van der Waals surface area contributed by atoms with Crippen molar-refractivity contribution in [1.82, 2.24) is 10.6 Å². The van der Waals surface area contributed by atoms with Crippen LogP contribution in [0.3, 0.4) is 0 Å². The zero-order valence-corrected chi connectivity index (χ0v) is 17.9. The highest BCUT2D eigenvalue weighted by molar-refractivity contribution is 5.81. The van der Waals surface area contributed by atoms with Gasteiger partial charge in [-0.1, -0.05) is 0 Å². The highest BCUT2D eigenvalue weighted by atomic mass is 16.5.